The van der Waals surface area contributed by atoms with Crippen LogP contribution in [-0.4, -0.2) is 11.0 Å². The van der Waals surface area contributed by atoms with Gasteiger partial charge in [-0.3, -0.25) is 0 Å². The third-order valence-electron chi connectivity index (χ3n) is 1.65. The van der Waals surface area contributed by atoms with Crippen molar-refractivity contribution in [3.8, 4) is 0 Å². The molecule has 1 aromatic heterocycles. The second-order valence-corrected chi connectivity index (χ2v) is 6.37. The number of thioether (sulfide) groups is 1. The van der Waals surface area contributed by atoms with Gasteiger partial charge < -0.3 is 5.73 Å². The molecular formula is C9H14BrNS2. The number of thiophene rings is 1. The van der Waals surface area contributed by atoms with Crippen LogP contribution in [0.2, 0.25) is 0 Å². The topological polar surface area (TPSA) is 26.0 Å². The minimum Gasteiger partial charge on any atom is -0.323 e. The first kappa shape index (κ1) is 11.6. The van der Waals surface area contributed by atoms with Crippen molar-refractivity contribution in [1.82, 2.24) is 0 Å². The van der Waals surface area contributed by atoms with Crippen LogP contribution in [0.3, 0.4) is 0 Å². The molecule has 0 aromatic carbocycles. The Morgan fingerprint density at radius 3 is 2.69 bits per heavy atom. The molecule has 1 atom stereocenters. The third kappa shape index (κ3) is 3.62. The highest BCUT2D eigenvalue weighted by Gasteiger charge is 2.11. The van der Waals surface area contributed by atoms with Crippen LogP contribution in [-0.2, 0) is 0 Å². The van der Waals surface area contributed by atoms with E-state index < -0.39 is 0 Å². The SMILES string of the molecule is CC(C)SCC(N)c1cscc1Br. The number of nitrogens with two attached hydrogens (primary N) is 1. The largest absolute Gasteiger partial charge is 0.323 e. The Morgan fingerprint density at radius 1 is 1.54 bits per heavy atom. The van der Waals surface area contributed by atoms with Crippen molar-refractivity contribution in [3.63, 3.8) is 0 Å². The molecule has 1 aromatic rings. The Morgan fingerprint density at radius 2 is 2.23 bits per heavy atom. The molecule has 0 spiro atoms. The molecule has 2 N–H and O–H groups in total. The zero-order chi connectivity index (χ0) is 9.84. The van der Waals surface area contributed by atoms with Crippen molar-refractivity contribution >= 4 is 39.0 Å². The Bertz CT molecular complexity index is 260. The van der Waals surface area contributed by atoms with E-state index in [0.29, 0.717) is 5.25 Å². The molecule has 1 unspecified atom stereocenters. The predicted molar refractivity (Wildman–Crippen MR) is 66.5 cm³/mol. The lowest BCUT2D eigenvalue weighted by Gasteiger charge is -2.12. The highest BCUT2D eigenvalue weighted by Crippen LogP contribution is 2.28. The summed E-state index contributed by atoms with van der Waals surface area (Å²) in [6.45, 7) is 4.39. The molecule has 0 saturated heterocycles. The van der Waals surface area contributed by atoms with Crippen molar-refractivity contribution in [1.29, 1.82) is 0 Å². The van der Waals surface area contributed by atoms with Crippen molar-refractivity contribution < 1.29 is 0 Å². The van der Waals surface area contributed by atoms with Gasteiger partial charge >= 0.3 is 0 Å². The third-order valence-corrected chi connectivity index (χ3v) is 4.62. The van der Waals surface area contributed by atoms with Crippen molar-refractivity contribution in [3.05, 3.63) is 20.8 Å². The lowest BCUT2D eigenvalue weighted by atomic mass is 10.2. The highest BCUT2D eigenvalue weighted by molar-refractivity contribution is 9.10. The highest BCUT2D eigenvalue weighted by atomic mass is 79.9. The molecule has 13 heavy (non-hydrogen) atoms. The summed E-state index contributed by atoms with van der Waals surface area (Å²) in [5.74, 6) is 0.993. The first-order chi connectivity index (χ1) is 6.11. The fourth-order valence-electron chi connectivity index (χ4n) is 0.942. The summed E-state index contributed by atoms with van der Waals surface area (Å²) < 4.78 is 1.15. The summed E-state index contributed by atoms with van der Waals surface area (Å²) in [7, 11) is 0. The first-order valence-electron chi connectivity index (χ1n) is 4.20. The molecule has 0 bridgehead atoms. The van der Waals surface area contributed by atoms with E-state index in [-0.39, 0.29) is 6.04 Å². The summed E-state index contributed by atoms with van der Waals surface area (Å²) in [6, 6.07) is 0.160. The van der Waals surface area contributed by atoms with Crippen molar-refractivity contribution in [2.24, 2.45) is 5.73 Å². The standard InChI is InChI=1S/C9H14BrNS2/c1-6(2)13-5-9(11)7-3-12-4-8(7)10/h3-4,6,9H,5,11H2,1-2H3. The molecule has 0 fully saturated rings. The molecule has 1 heterocycles. The van der Waals surface area contributed by atoms with E-state index in [9.17, 15) is 0 Å². The average molecular weight is 280 g/mol. The normalized spacial score (nSPS) is 13.6. The summed E-state index contributed by atoms with van der Waals surface area (Å²) in [5, 5.41) is 4.86. The fourth-order valence-corrected chi connectivity index (χ4v) is 3.37. The quantitative estimate of drug-likeness (QED) is 0.911. The average Bonchev–Trinajstić information content (AvgIpc) is 2.47. The van der Waals surface area contributed by atoms with Gasteiger partial charge in [0, 0.05) is 21.6 Å². The zero-order valence-electron chi connectivity index (χ0n) is 7.79. The molecule has 0 aliphatic heterocycles. The fraction of sp³-hybridized carbons (Fsp3) is 0.556. The number of hydrogen-bond acceptors (Lipinski definition) is 3. The Kier molecular flexibility index (Phi) is 4.80. The van der Waals surface area contributed by atoms with Gasteiger partial charge in [0.15, 0.2) is 0 Å². The lowest BCUT2D eigenvalue weighted by Crippen LogP contribution is -2.13. The summed E-state index contributed by atoms with van der Waals surface area (Å²) in [6.07, 6.45) is 0. The molecule has 74 valence electrons. The van der Waals surface area contributed by atoms with Gasteiger partial charge in [0.1, 0.15) is 0 Å². The van der Waals surface area contributed by atoms with Crippen LogP contribution in [0, 0.1) is 0 Å². The molecule has 0 aliphatic carbocycles. The van der Waals surface area contributed by atoms with Gasteiger partial charge in [0.25, 0.3) is 0 Å². The van der Waals surface area contributed by atoms with E-state index in [2.05, 4.69) is 40.5 Å². The van der Waals surface area contributed by atoms with Gasteiger partial charge in [0.05, 0.1) is 0 Å². The Hall–Kier alpha value is 0.490. The van der Waals surface area contributed by atoms with Crippen LogP contribution in [0.15, 0.2) is 15.2 Å². The van der Waals surface area contributed by atoms with Gasteiger partial charge in [-0.05, 0) is 32.1 Å². The maximum Gasteiger partial charge on any atom is 0.0406 e. The van der Waals surface area contributed by atoms with E-state index in [0.717, 1.165) is 10.2 Å². The summed E-state index contributed by atoms with van der Waals surface area (Å²) in [5.41, 5.74) is 7.28. The Labute approximate surface area is 96.2 Å². The molecule has 4 heteroatoms. The summed E-state index contributed by atoms with van der Waals surface area (Å²) in [4.78, 5) is 0. The van der Waals surface area contributed by atoms with Gasteiger partial charge in [-0.25, -0.2) is 0 Å². The molecular weight excluding hydrogens is 266 g/mol. The van der Waals surface area contributed by atoms with Gasteiger partial charge in [-0.1, -0.05) is 13.8 Å². The van der Waals surface area contributed by atoms with E-state index in [1.807, 2.05) is 11.8 Å². The second kappa shape index (κ2) is 5.39. The second-order valence-electron chi connectivity index (χ2n) is 3.16. The molecule has 0 amide bonds. The van der Waals surface area contributed by atoms with Crippen LogP contribution < -0.4 is 5.73 Å². The van der Waals surface area contributed by atoms with Crippen LogP contribution in [0.4, 0.5) is 0 Å². The minimum absolute atomic E-state index is 0.160. The van der Waals surface area contributed by atoms with Crippen LogP contribution >= 0.6 is 39.0 Å². The monoisotopic (exact) mass is 279 g/mol. The van der Waals surface area contributed by atoms with Gasteiger partial charge in [-0.2, -0.15) is 23.1 Å². The molecule has 0 radical (unpaired) electrons. The van der Waals surface area contributed by atoms with Crippen molar-refractivity contribution in [2.75, 3.05) is 5.75 Å². The van der Waals surface area contributed by atoms with Crippen LogP contribution in [0.5, 0.6) is 0 Å². The first-order valence-corrected chi connectivity index (χ1v) is 6.98. The number of halogens is 1. The van der Waals surface area contributed by atoms with E-state index in [4.69, 9.17) is 5.73 Å². The van der Waals surface area contributed by atoms with Gasteiger partial charge in [0.2, 0.25) is 0 Å². The van der Waals surface area contributed by atoms with Crippen LogP contribution in [0.25, 0.3) is 0 Å². The molecule has 0 saturated carbocycles. The zero-order valence-corrected chi connectivity index (χ0v) is 11.0. The summed E-state index contributed by atoms with van der Waals surface area (Å²) >= 11 is 7.09. The smallest absolute Gasteiger partial charge is 0.0406 e. The van der Waals surface area contributed by atoms with E-state index in [1.54, 1.807) is 11.3 Å². The van der Waals surface area contributed by atoms with Crippen molar-refractivity contribution in [2.45, 2.75) is 25.1 Å². The lowest BCUT2D eigenvalue weighted by molar-refractivity contribution is 0.828. The molecule has 0 aliphatic rings. The molecule has 1 nitrogen and oxygen atoms in total. The minimum atomic E-state index is 0.160. The molecule has 1 rings (SSSR count). The maximum atomic E-state index is 6.04. The number of rotatable bonds is 4. The van der Waals surface area contributed by atoms with E-state index >= 15 is 0 Å². The Balaban J connectivity index is 2.49. The van der Waals surface area contributed by atoms with Crippen LogP contribution in [0.1, 0.15) is 25.5 Å². The number of hydrogen-bond donors (Lipinski definition) is 1. The predicted octanol–water partition coefficient (Wildman–Crippen LogP) is 3.65. The van der Waals surface area contributed by atoms with Gasteiger partial charge in [-0.15, -0.1) is 0 Å². The van der Waals surface area contributed by atoms with E-state index in [1.165, 1.54) is 5.56 Å². The maximum absolute atomic E-state index is 6.04.